The number of nitrogens with zero attached hydrogens (tertiary/aromatic N) is 2. The summed E-state index contributed by atoms with van der Waals surface area (Å²) in [4.78, 5) is 16.6. The van der Waals surface area contributed by atoms with E-state index in [-0.39, 0.29) is 18.3 Å². The summed E-state index contributed by atoms with van der Waals surface area (Å²) in [5.74, 6) is -0.481. The van der Waals surface area contributed by atoms with Gasteiger partial charge in [0.15, 0.2) is 0 Å². The lowest BCUT2D eigenvalue weighted by Crippen LogP contribution is -2.37. The van der Waals surface area contributed by atoms with Gasteiger partial charge < -0.3 is 15.0 Å². The second kappa shape index (κ2) is 8.97. The SMILES string of the molecule is Cc1ccc(NC(=O)CN(C)Cc2ccccc2N2CCOCC2)cc1F. The van der Waals surface area contributed by atoms with Crippen molar-refractivity contribution in [3.8, 4) is 0 Å². The molecule has 0 bridgehead atoms. The Morgan fingerprint density at radius 1 is 1.22 bits per heavy atom. The number of ether oxygens (including phenoxy) is 1. The second-order valence-corrected chi connectivity index (χ2v) is 6.91. The summed E-state index contributed by atoms with van der Waals surface area (Å²) in [6, 6.07) is 13.0. The van der Waals surface area contributed by atoms with Crippen LogP contribution in [0, 0.1) is 12.7 Å². The third kappa shape index (κ3) is 5.28. The van der Waals surface area contributed by atoms with Crippen LogP contribution < -0.4 is 10.2 Å². The fraction of sp³-hybridized carbons (Fsp3) is 0.381. The van der Waals surface area contributed by atoms with Crippen LogP contribution in [0.5, 0.6) is 0 Å². The number of aryl methyl sites for hydroxylation is 1. The van der Waals surface area contributed by atoms with Gasteiger partial charge in [0.2, 0.25) is 5.91 Å². The van der Waals surface area contributed by atoms with E-state index in [2.05, 4.69) is 22.3 Å². The number of para-hydroxylation sites is 1. The molecule has 1 saturated heterocycles. The van der Waals surface area contributed by atoms with Crippen molar-refractivity contribution >= 4 is 17.3 Å². The number of hydrogen-bond donors (Lipinski definition) is 1. The number of morpholine rings is 1. The highest BCUT2D eigenvalue weighted by Crippen LogP contribution is 2.22. The molecule has 0 atom stereocenters. The van der Waals surface area contributed by atoms with E-state index in [1.807, 2.05) is 24.1 Å². The standard InChI is InChI=1S/C21H26FN3O2/c1-16-7-8-18(13-19(16)22)23-21(26)15-24(2)14-17-5-3-4-6-20(17)25-9-11-27-12-10-25/h3-8,13H,9-12,14-15H2,1-2H3,(H,23,26). The number of nitrogens with one attached hydrogen (secondary N) is 1. The lowest BCUT2D eigenvalue weighted by atomic mass is 10.1. The lowest BCUT2D eigenvalue weighted by molar-refractivity contribution is -0.117. The summed E-state index contributed by atoms with van der Waals surface area (Å²) in [5.41, 5.74) is 3.40. The zero-order valence-electron chi connectivity index (χ0n) is 15.9. The van der Waals surface area contributed by atoms with Gasteiger partial charge in [0.1, 0.15) is 5.82 Å². The predicted octanol–water partition coefficient (Wildman–Crippen LogP) is 3.04. The smallest absolute Gasteiger partial charge is 0.238 e. The highest BCUT2D eigenvalue weighted by Gasteiger charge is 2.16. The number of halogens is 1. The van der Waals surface area contributed by atoms with Crippen molar-refractivity contribution in [2.75, 3.05) is 50.1 Å². The number of benzene rings is 2. The molecular formula is C21H26FN3O2. The molecule has 6 heteroatoms. The van der Waals surface area contributed by atoms with Crippen molar-refractivity contribution < 1.29 is 13.9 Å². The summed E-state index contributed by atoms with van der Waals surface area (Å²) < 4.78 is 19.1. The van der Waals surface area contributed by atoms with Gasteiger partial charge in [-0.2, -0.15) is 0 Å². The normalized spacial score (nSPS) is 14.4. The molecule has 0 aliphatic carbocycles. The van der Waals surface area contributed by atoms with Crippen molar-refractivity contribution in [3.05, 3.63) is 59.4 Å². The van der Waals surface area contributed by atoms with Gasteiger partial charge in [0, 0.05) is 31.0 Å². The molecule has 2 aromatic rings. The van der Waals surface area contributed by atoms with E-state index in [0.29, 0.717) is 17.8 Å². The molecule has 1 N–H and O–H groups in total. The first-order chi connectivity index (χ1) is 13.0. The van der Waals surface area contributed by atoms with Crippen molar-refractivity contribution in [1.82, 2.24) is 4.90 Å². The van der Waals surface area contributed by atoms with Crippen LogP contribution in [-0.4, -0.2) is 50.7 Å². The number of anilines is 2. The molecule has 1 amide bonds. The highest BCUT2D eigenvalue weighted by atomic mass is 19.1. The summed E-state index contributed by atoms with van der Waals surface area (Å²) in [6.45, 7) is 5.80. The van der Waals surface area contributed by atoms with Crippen molar-refractivity contribution in [2.45, 2.75) is 13.5 Å². The Bertz CT molecular complexity index is 791. The average Bonchev–Trinajstić information content (AvgIpc) is 2.66. The van der Waals surface area contributed by atoms with Gasteiger partial charge in [-0.15, -0.1) is 0 Å². The highest BCUT2D eigenvalue weighted by molar-refractivity contribution is 5.92. The second-order valence-electron chi connectivity index (χ2n) is 6.91. The zero-order chi connectivity index (χ0) is 19.2. The molecule has 1 heterocycles. The molecule has 5 nitrogen and oxygen atoms in total. The van der Waals surface area contributed by atoms with Crippen LogP contribution in [0.25, 0.3) is 0 Å². The van der Waals surface area contributed by atoms with Crippen LogP contribution in [0.2, 0.25) is 0 Å². The molecule has 0 saturated carbocycles. The predicted molar refractivity (Wildman–Crippen MR) is 106 cm³/mol. The van der Waals surface area contributed by atoms with E-state index in [1.165, 1.54) is 17.3 Å². The molecular weight excluding hydrogens is 345 g/mol. The number of carbonyl (C=O) groups excluding carboxylic acids is 1. The minimum absolute atomic E-state index is 0.162. The number of hydrogen-bond acceptors (Lipinski definition) is 4. The quantitative estimate of drug-likeness (QED) is 0.848. The van der Waals surface area contributed by atoms with E-state index in [1.54, 1.807) is 19.1 Å². The van der Waals surface area contributed by atoms with Gasteiger partial charge in [-0.1, -0.05) is 24.3 Å². The molecule has 1 aliphatic rings. The first-order valence-corrected chi connectivity index (χ1v) is 9.18. The Kier molecular flexibility index (Phi) is 6.42. The van der Waals surface area contributed by atoms with Crippen molar-refractivity contribution in [3.63, 3.8) is 0 Å². The molecule has 0 spiro atoms. The molecule has 3 rings (SSSR count). The Morgan fingerprint density at radius 3 is 2.70 bits per heavy atom. The summed E-state index contributed by atoms with van der Waals surface area (Å²) in [6.07, 6.45) is 0. The third-order valence-corrected chi connectivity index (χ3v) is 4.65. The zero-order valence-corrected chi connectivity index (χ0v) is 15.9. The molecule has 0 unspecified atom stereocenters. The largest absolute Gasteiger partial charge is 0.378 e. The Labute approximate surface area is 159 Å². The fourth-order valence-corrected chi connectivity index (χ4v) is 3.22. The van der Waals surface area contributed by atoms with Crippen molar-refractivity contribution in [1.29, 1.82) is 0 Å². The number of amides is 1. The summed E-state index contributed by atoms with van der Waals surface area (Å²) in [7, 11) is 1.91. The molecule has 2 aromatic carbocycles. The van der Waals surface area contributed by atoms with Crippen LogP contribution in [0.15, 0.2) is 42.5 Å². The molecule has 144 valence electrons. The van der Waals surface area contributed by atoms with Crippen LogP contribution in [-0.2, 0) is 16.1 Å². The van der Waals surface area contributed by atoms with E-state index in [0.717, 1.165) is 26.3 Å². The maximum Gasteiger partial charge on any atom is 0.238 e. The maximum absolute atomic E-state index is 13.6. The van der Waals surface area contributed by atoms with Gasteiger partial charge >= 0.3 is 0 Å². The fourth-order valence-electron chi connectivity index (χ4n) is 3.22. The lowest BCUT2D eigenvalue weighted by Gasteiger charge is -2.31. The van der Waals surface area contributed by atoms with Gasteiger partial charge in [-0.25, -0.2) is 4.39 Å². The van der Waals surface area contributed by atoms with Gasteiger partial charge in [-0.05, 0) is 43.3 Å². The average molecular weight is 371 g/mol. The molecule has 1 fully saturated rings. The summed E-state index contributed by atoms with van der Waals surface area (Å²) >= 11 is 0. The number of rotatable bonds is 6. The first kappa shape index (κ1) is 19.3. The monoisotopic (exact) mass is 371 g/mol. The van der Waals surface area contributed by atoms with E-state index in [9.17, 15) is 9.18 Å². The third-order valence-electron chi connectivity index (χ3n) is 4.65. The van der Waals surface area contributed by atoms with E-state index < -0.39 is 0 Å². The van der Waals surface area contributed by atoms with Crippen molar-refractivity contribution in [2.24, 2.45) is 0 Å². The van der Waals surface area contributed by atoms with Gasteiger partial charge in [0.25, 0.3) is 0 Å². The topological polar surface area (TPSA) is 44.8 Å². The van der Waals surface area contributed by atoms with E-state index in [4.69, 9.17) is 4.74 Å². The molecule has 0 radical (unpaired) electrons. The Hall–Kier alpha value is -2.44. The minimum atomic E-state index is -0.319. The van der Waals surface area contributed by atoms with Crippen LogP contribution in [0.1, 0.15) is 11.1 Å². The number of carbonyl (C=O) groups is 1. The molecule has 1 aliphatic heterocycles. The molecule has 27 heavy (non-hydrogen) atoms. The Balaban J connectivity index is 1.59. The molecule has 0 aromatic heterocycles. The minimum Gasteiger partial charge on any atom is -0.378 e. The van der Waals surface area contributed by atoms with Crippen LogP contribution >= 0.6 is 0 Å². The van der Waals surface area contributed by atoms with Gasteiger partial charge in [-0.3, -0.25) is 9.69 Å². The maximum atomic E-state index is 13.6. The summed E-state index contributed by atoms with van der Waals surface area (Å²) in [5, 5.41) is 2.76. The first-order valence-electron chi connectivity index (χ1n) is 9.18. The van der Waals surface area contributed by atoms with Gasteiger partial charge in [0.05, 0.1) is 19.8 Å². The Morgan fingerprint density at radius 2 is 1.96 bits per heavy atom. The van der Waals surface area contributed by atoms with Crippen LogP contribution in [0.3, 0.4) is 0 Å². The number of likely N-dealkylation sites (N-methyl/N-ethyl adjacent to an activating group) is 1. The van der Waals surface area contributed by atoms with Crippen LogP contribution in [0.4, 0.5) is 15.8 Å². The van der Waals surface area contributed by atoms with E-state index >= 15 is 0 Å².